The van der Waals surface area contributed by atoms with Crippen LogP contribution in [0, 0.1) is 23.7 Å². The van der Waals surface area contributed by atoms with Crippen molar-refractivity contribution in [3.8, 4) is 0 Å². The molecule has 94 valence electrons. The van der Waals surface area contributed by atoms with E-state index in [0.29, 0.717) is 12.8 Å². The lowest BCUT2D eigenvalue weighted by molar-refractivity contribution is -0.155. The maximum absolute atomic E-state index is 11.1. The first-order chi connectivity index (χ1) is 7.25. The van der Waals surface area contributed by atoms with Crippen molar-refractivity contribution < 1.29 is 19.8 Å². The van der Waals surface area contributed by atoms with Gasteiger partial charge in [-0.3, -0.25) is 9.59 Å². The van der Waals surface area contributed by atoms with Gasteiger partial charge in [0.2, 0.25) is 0 Å². The average Bonchev–Trinajstić information content (AvgIpc) is 2.09. The largest absolute Gasteiger partial charge is 0.481 e. The van der Waals surface area contributed by atoms with Crippen LogP contribution in [0.4, 0.5) is 0 Å². The Morgan fingerprint density at radius 3 is 1.19 bits per heavy atom. The molecule has 0 aromatic carbocycles. The first-order valence-electron chi connectivity index (χ1n) is 5.71. The zero-order valence-electron chi connectivity index (χ0n) is 10.4. The van der Waals surface area contributed by atoms with E-state index >= 15 is 0 Å². The Morgan fingerprint density at radius 1 is 0.812 bits per heavy atom. The van der Waals surface area contributed by atoms with Gasteiger partial charge in [-0.1, -0.05) is 27.7 Å². The van der Waals surface area contributed by atoms with Crippen molar-refractivity contribution in [2.24, 2.45) is 23.7 Å². The first-order valence-corrected chi connectivity index (χ1v) is 5.71. The molecule has 4 heteroatoms. The van der Waals surface area contributed by atoms with E-state index in [0.717, 1.165) is 0 Å². The Hall–Kier alpha value is -1.06. The van der Waals surface area contributed by atoms with Crippen LogP contribution < -0.4 is 0 Å². The number of rotatable bonds is 7. The lowest BCUT2D eigenvalue weighted by atomic mass is 9.81. The first kappa shape index (κ1) is 14.9. The number of hydrogen-bond acceptors (Lipinski definition) is 2. The minimum Gasteiger partial charge on any atom is -0.481 e. The zero-order valence-corrected chi connectivity index (χ0v) is 10.4. The third-order valence-corrected chi connectivity index (χ3v) is 2.57. The van der Waals surface area contributed by atoms with Gasteiger partial charge in [-0.25, -0.2) is 0 Å². The molecule has 0 radical (unpaired) electrons. The lowest BCUT2D eigenvalue weighted by Gasteiger charge is -2.23. The van der Waals surface area contributed by atoms with Crippen LogP contribution >= 0.6 is 0 Å². The molecule has 0 rings (SSSR count). The molecule has 0 aromatic rings. The molecule has 0 saturated carbocycles. The fourth-order valence-electron chi connectivity index (χ4n) is 1.89. The molecule has 0 aromatic heterocycles. The Kier molecular flexibility index (Phi) is 6.08. The summed E-state index contributed by atoms with van der Waals surface area (Å²) in [6.07, 6.45) is 0.831. The Morgan fingerprint density at radius 2 is 1.06 bits per heavy atom. The lowest BCUT2D eigenvalue weighted by Crippen LogP contribution is -2.32. The van der Waals surface area contributed by atoms with Gasteiger partial charge < -0.3 is 10.2 Å². The topological polar surface area (TPSA) is 74.6 Å². The van der Waals surface area contributed by atoms with E-state index in [2.05, 4.69) is 0 Å². The van der Waals surface area contributed by atoms with Gasteiger partial charge in [-0.2, -0.15) is 0 Å². The van der Waals surface area contributed by atoms with Crippen molar-refractivity contribution in [1.29, 1.82) is 0 Å². The highest BCUT2D eigenvalue weighted by atomic mass is 16.4. The van der Waals surface area contributed by atoms with Crippen LogP contribution in [0.25, 0.3) is 0 Å². The van der Waals surface area contributed by atoms with Crippen molar-refractivity contribution in [1.82, 2.24) is 0 Å². The normalized spacial score (nSPS) is 15.1. The summed E-state index contributed by atoms with van der Waals surface area (Å²) in [6, 6.07) is 0. The maximum atomic E-state index is 11.1. The SMILES string of the molecule is CC(C)CC(C(=O)O)C(CC(C)C)C(=O)O. The molecule has 0 aliphatic heterocycles. The molecule has 0 aliphatic rings. The average molecular weight is 230 g/mol. The third kappa shape index (κ3) is 5.14. The highest BCUT2D eigenvalue weighted by Gasteiger charge is 2.34. The number of carboxylic acids is 2. The second-order valence-electron chi connectivity index (χ2n) is 5.15. The summed E-state index contributed by atoms with van der Waals surface area (Å²) in [4.78, 5) is 22.2. The van der Waals surface area contributed by atoms with Gasteiger partial charge >= 0.3 is 11.9 Å². The monoisotopic (exact) mass is 230 g/mol. The van der Waals surface area contributed by atoms with E-state index in [1.807, 2.05) is 27.7 Å². The van der Waals surface area contributed by atoms with E-state index in [9.17, 15) is 9.59 Å². The molecule has 0 fully saturated rings. The van der Waals surface area contributed by atoms with Gasteiger partial charge in [0.15, 0.2) is 0 Å². The molecular formula is C12H22O4. The molecule has 0 saturated heterocycles. The second kappa shape index (κ2) is 6.51. The summed E-state index contributed by atoms with van der Waals surface area (Å²) < 4.78 is 0. The van der Waals surface area contributed by atoms with Gasteiger partial charge in [-0.15, -0.1) is 0 Å². The highest BCUT2D eigenvalue weighted by Crippen LogP contribution is 2.27. The van der Waals surface area contributed by atoms with Crippen molar-refractivity contribution in [2.75, 3.05) is 0 Å². The molecular weight excluding hydrogens is 208 g/mol. The van der Waals surface area contributed by atoms with Gasteiger partial charge in [0.05, 0.1) is 11.8 Å². The van der Waals surface area contributed by atoms with Gasteiger partial charge in [0.1, 0.15) is 0 Å². The predicted molar refractivity (Wildman–Crippen MR) is 61.2 cm³/mol. The Balaban J connectivity index is 4.80. The number of carboxylic acid groups (broad SMARTS) is 2. The quantitative estimate of drug-likeness (QED) is 0.704. The molecule has 0 heterocycles. The minimum absolute atomic E-state index is 0.190. The number of hydrogen-bond donors (Lipinski definition) is 2. The predicted octanol–water partition coefficient (Wildman–Crippen LogP) is 2.48. The van der Waals surface area contributed by atoms with E-state index in [-0.39, 0.29) is 11.8 Å². The maximum Gasteiger partial charge on any atom is 0.307 e. The van der Waals surface area contributed by atoms with Gasteiger partial charge in [-0.05, 0) is 24.7 Å². The van der Waals surface area contributed by atoms with Crippen LogP contribution in [0.2, 0.25) is 0 Å². The number of carbonyl (C=O) groups is 2. The van der Waals surface area contributed by atoms with E-state index in [1.54, 1.807) is 0 Å². The molecule has 2 N–H and O–H groups in total. The molecule has 0 amide bonds. The smallest absolute Gasteiger partial charge is 0.307 e. The number of aliphatic carboxylic acids is 2. The van der Waals surface area contributed by atoms with Crippen LogP contribution in [0.1, 0.15) is 40.5 Å². The summed E-state index contributed by atoms with van der Waals surface area (Å²) in [7, 11) is 0. The molecule has 0 aliphatic carbocycles. The highest BCUT2D eigenvalue weighted by molar-refractivity contribution is 5.79. The molecule has 16 heavy (non-hydrogen) atoms. The Labute approximate surface area is 96.7 Å². The minimum atomic E-state index is -0.998. The van der Waals surface area contributed by atoms with Crippen molar-refractivity contribution >= 4 is 11.9 Å². The van der Waals surface area contributed by atoms with Crippen molar-refractivity contribution in [3.05, 3.63) is 0 Å². The van der Waals surface area contributed by atoms with E-state index in [4.69, 9.17) is 10.2 Å². The van der Waals surface area contributed by atoms with Gasteiger partial charge in [0, 0.05) is 0 Å². The van der Waals surface area contributed by atoms with Gasteiger partial charge in [0.25, 0.3) is 0 Å². The van der Waals surface area contributed by atoms with Crippen molar-refractivity contribution in [2.45, 2.75) is 40.5 Å². The molecule has 4 nitrogen and oxygen atoms in total. The molecule has 0 spiro atoms. The molecule has 2 unspecified atom stereocenters. The van der Waals surface area contributed by atoms with E-state index in [1.165, 1.54) is 0 Å². The molecule has 0 bridgehead atoms. The van der Waals surface area contributed by atoms with E-state index < -0.39 is 23.8 Å². The van der Waals surface area contributed by atoms with Crippen LogP contribution in [0.5, 0.6) is 0 Å². The fourth-order valence-corrected chi connectivity index (χ4v) is 1.89. The summed E-state index contributed by atoms with van der Waals surface area (Å²) in [5.41, 5.74) is 0. The Bertz CT molecular complexity index is 219. The fraction of sp³-hybridized carbons (Fsp3) is 0.833. The molecule has 2 atom stereocenters. The third-order valence-electron chi connectivity index (χ3n) is 2.57. The van der Waals surface area contributed by atoms with Crippen LogP contribution in [-0.4, -0.2) is 22.2 Å². The van der Waals surface area contributed by atoms with Crippen molar-refractivity contribution in [3.63, 3.8) is 0 Å². The standard InChI is InChI=1S/C12H22O4/c1-7(2)5-9(11(13)14)10(12(15)16)6-8(3)4/h7-10H,5-6H2,1-4H3,(H,13,14)(H,15,16). The summed E-state index contributed by atoms with van der Waals surface area (Å²) in [5, 5.41) is 18.2. The summed E-state index contributed by atoms with van der Waals surface area (Å²) >= 11 is 0. The second-order valence-corrected chi connectivity index (χ2v) is 5.15. The van der Waals surface area contributed by atoms with Crippen LogP contribution in [-0.2, 0) is 9.59 Å². The zero-order chi connectivity index (χ0) is 12.9. The van der Waals surface area contributed by atoms with Crippen LogP contribution in [0.15, 0.2) is 0 Å². The summed E-state index contributed by atoms with van der Waals surface area (Å²) in [5.74, 6) is -3.17. The van der Waals surface area contributed by atoms with Crippen LogP contribution in [0.3, 0.4) is 0 Å². The summed E-state index contributed by atoms with van der Waals surface area (Å²) in [6.45, 7) is 7.63.